The highest BCUT2D eigenvalue weighted by Gasteiger charge is 2.47. The van der Waals surface area contributed by atoms with Crippen LogP contribution in [-0.4, -0.2) is 23.4 Å². The van der Waals surface area contributed by atoms with Crippen LogP contribution in [0.3, 0.4) is 0 Å². The lowest BCUT2D eigenvalue weighted by molar-refractivity contribution is -0.144. The first kappa shape index (κ1) is 11.4. The van der Waals surface area contributed by atoms with E-state index >= 15 is 0 Å². The Labute approximate surface area is 96.2 Å². The van der Waals surface area contributed by atoms with E-state index in [1.807, 2.05) is 13.8 Å². The molecule has 16 heavy (non-hydrogen) atoms. The van der Waals surface area contributed by atoms with Crippen molar-refractivity contribution in [2.45, 2.75) is 57.5 Å². The minimum atomic E-state index is -0.597. The number of carbonyl (C=O) groups is 2. The fourth-order valence-electron chi connectivity index (χ4n) is 2.69. The fourth-order valence-corrected chi connectivity index (χ4v) is 2.69. The molecule has 90 valence electrons. The van der Waals surface area contributed by atoms with Crippen LogP contribution in [0.15, 0.2) is 0 Å². The van der Waals surface area contributed by atoms with Gasteiger partial charge in [-0.05, 0) is 18.8 Å². The van der Waals surface area contributed by atoms with Crippen molar-refractivity contribution in [1.29, 1.82) is 0 Å². The van der Waals surface area contributed by atoms with E-state index in [4.69, 9.17) is 0 Å². The van der Waals surface area contributed by atoms with E-state index in [2.05, 4.69) is 10.6 Å². The Bertz CT molecular complexity index is 306. The SMILES string of the molecule is CC(C)[C@@H]1NC(=O)C2(CCCCC2)NC1=O. The van der Waals surface area contributed by atoms with Gasteiger partial charge < -0.3 is 10.6 Å². The summed E-state index contributed by atoms with van der Waals surface area (Å²) in [4.78, 5) is 24.0. The zero-order valence-corrected chi connectivity index (χ0v) is 10.0. The third-order valence-electron chi connectivity index (χ3n) is 3.74. The number of carbonyl (C=O) groups excluding carboxylic acids is 2. The van der Waals surface area contributed by atoms with Crippen LogP contribution < -0.4 is 10.6 Å². The summed E-state index contributed by atoms with van der Waals surface area (Å²) in [6, 6.07) is -0.361. The van der Waals surface area contributed by atoms with Gasteiger partial charge in [0.25, 0.3) is 0 Å². The molecular weight excluding hydrogens is 204 g/mol. The molecule has 2 amide bonds. The summed E-state index contributed by atoms with van der Waals surface area (Å²) in [5.41, 5.74) is -0.597. The van der Waals surface area contributed by atoms with Gasteiger partial charge in [-0.3, -0.25) is 9.59 Å². The zero-order chi connectivity index (χ0) is 11.8. The summed E-state index contributed by atoms with van der Waals surface area (Å²) in [6.07, 6.45) is 4.80. The van der Waals surface area contributed by atoms with Crippen LogP contribution in [0.5, 0.6) is 0 Å². The van der Waals surface area contributed by atoms with Gasteiger partial charge in [0, 0.05) is 0 Å². The average Bonchev–Trinajstić information content (AvgIpc) is 2.24. The minimum Gasteiger partial charge on any atom is -0.342 e. The topological polar surface area (TPSA) is 58.2 Å². The summed E-state index contributed by atoms with van der Waals surface area (Å²) in [5.74, 6) is 0.145. The molecule has 2 aliphatic rings. The van der Waals surface area contributed by atoms with E-state index < -0.39 is 5.54 Å². The van der Waals surface area contributed by atoms with Crippen molar-refractivity contribution in [2.24, 2.45) is 5.92 Å². The molecule has 1 saturated carbocycles. The lowest BCUT2D eigenvalue weighted by atomic mass is 9.78. The molecule has 0 aromatic carbocycles. The van der Waals surface area contributed by atoms with Crippen molar-refractivity contribution in [3.63, 3.8) is 0 Å². The predicted molar refractivity (Wildman–Crippen MR) is 60.7 cm³/mol. The third kappa shape index (κ3) is 1.81. The Kier molecular flexibility index (Phi) is 2.91. The van der Waals surface area contributed by atoms with Crippen molar-refractivity contribution < 1.29 is 9.59 Å². The molecule has 1 aliphatic carbocycles. The number of hydrogen-bond donors (Lipinski definition) is 2. The molecule has 2 rings (SSSR count). The van der Waals surface area contributed by atoms with E-state index in [1.165, 1.54) is 6.42 Å². The zero-order valence-electron chi connectivity index (χ0n) is 10.0. The summed E-state index contributed by atoms with van der Waals surface area (Å²) in [6.45, 7) is 3.90. The monoisotopic (exact) mass is 224 g/mol. The lowest BCUT2D eigenvalue weighted by Gasteiger charge is -2.43. The maximum atomic E-state index is 12.1. The Morgan fingerprint density at radius 3 is 2.38 bits per heavy atom. The highest BCUT2D eigenvalue weighted by atomic mass is 16.2. The molecule has 4 nitrogen and oxygen atoms in total. The molecule has 4 heteroatoms. The van der Waals surface area contributed by atoms with Crippen molar-refractivity contribution in [3.05, 3.63) is 0 Å². The van der Waals surface area contributed by atoms with Gasteiger partial charge in [-0.25, -0.2) is 0 Å². The first-order valence-electron chi connectivity index (χ1n) is 6.18. The smallest absolute Gasteiger partial charge is 0.246 e. The van der Waals surface area contributed by atoms with E-state index in [9.17, 15) is 9.59 Å². The Hall–Kier alpha value is -1.06. The summed E-state index contributed by atoms with van der Waals surface area (Å²) < 4.78 is 0. The van der Waals surface area contributed by atoms with Crippen LogP contribution in [0.4, 0.5) is 0 Å². The van der Waals surface area contributed by atoms with Gasteiger partial charge in [0.2, 0.25) is 11.8 Å². The molecule has 0 radical (unpaired) electrons. The maximum Gasteiger partial charge on any atom is 0.246 e. The van der Waals surface area contributed by atoms with Crippen LogP contribution >= 0.6 is 0 Å². The maximum absolute atomic E-state index is 12.1. The fraction of sp³-hybridized carbons (Fsp3) is 0.833. The standard InChI is InChI=1S/C12H20N2O2/c1-8(2)9-10(15)14-12(11(16)13-9)6-4-3-5-7-12/h8-9H,3-7H2,1-2H3,(H,13,16)(H,14,15)/t9-/m0/s1. The third-order valence-corrected chi connectivity index (χ3v) is 3.74. The van der Waals surface area contributed by atoms with Gasteiger partial charge in [0.15, 0.2) is 0 Å². The molecule has 2 fully saturated rings. The van der Waals surface area contributed by atoms with Gasteiger partial charge in [0.05, 0.1) is 0 Å². The first-order valence-corrected chi connectivity index (χ1v) is 6.18. The second-order valence-corrected chi connectivity index (χ2v) is 5.33. The molecule has 1 saturated heterocycles. The molecule has 1 spiro atoms. The summed E-state index contributed by atoms with van der Waals surface area (Å²) in [5, 5.41) is 5.84. The van der Waals surface area contributed by atoms with Crippen LogP contribution in [0, 0.1) is 5.92 Å². The first-order chi connectivity index (χ1) is 7.55. The number of rotatable bonds is 1. The van der Waals surface area contributed by atoms with E-state index in [1.54, 1.807) is 0 Å². The van der Waals surface area contributed by atoms with Gasteiger partial charge in [0.1, 0.15) is 11.6 Å². The molecular formula is C12H20N2O2. The van der Waals surface area contributed by atoms with Gasteiger partial charge >= 0.3 is 0 Å². The summed E-state index contributed by atoms with van der Waals surface area (Å²) >= 11 is 0. The second-order valence-electron chi connectivity index (χ2n) is 5.33. The second kappa shape index (κ2) is 4.07. The largest absolute Gasteiger partial charge is 0.342 e. The number of amides is 2. The van der Waals surface area contributed by atoms with Crippen LogP contribution in [0.2, 0.25) is 0 Å². The molecule has 1 heterocycles. The number of hydrogen-bond acceptors (Lipinski definition) is 2. The molecule has 2 N–H and O–H groups in total. The highest BCUT2D eigenvalue weighted by molar-refractivity contribution is 5.99. The van der Waals surface area contributed by atoms with Gasteiger partial charge in [-0.2, -0.15) is 0 Å². The van der Waals surface area contributed by atoms with E-state index in [0.29, 0.717) is 0 Å². The normalized spacial score (nSPS) is 29.1. The number of nitrogens with one attached hydrogen (secondary N) is 2. The molecule has 1 atom stereocenters. The van der Waals surface area contributed by atoms with E-state index in [0.717, 1.165) is 25.7 Å². The van der Waals surface area contributed by atoms with Crippen molar-refractivity contribution in [3.8, 4) is 0 Å². The van der Waals surface area contributed by atoms with Crippen LogP contribution in [0.1, 0.15) is 46.0 Å². The predicted octanol–water partition coefficient (Wildman–Crippen LogP) is 0.960. The molecule has 1 aliphatic heterocycles. The molecule has 0 unspecified atom stereocenters. The minimum absolute atomic E-state index is 0.0171. The van der Waals surface area contributed by atoms with Crippen LogP contribution in [-0.2, 0) is 9.59 Å². The van der Waals surface area contributed by atoms with E-state index in [-0.39, 0.29) is 23.8 Å². The van der Waals surface area contributed by atoms with Crippen molar-refractivity contribution >= 4 is 11.8 Å². The highest BCUT2D eigenvalue weighted by Crippen LogP contribution is 2.30. The Morgan fingerprint density at radius 1 is 1.19 bits per heavy atom. The molecule has 0 bridgehead atoms. The quantitative estimate of drug-likeness (QED) is 0.697. The molecule has 0 aromatic rings. The number of piperazine rings is 1. The van der Waals surface area contributed by atoms with Crippen LogP contribution in [0.25, 0.3) is 0 Å². The van der Waals surface area contributed by atoms with Gasteiger partial charge in [-0.15, -0.1) is 0 Å². The lowest BCUT2D eigenvalue weighted by Crippen LogP contribution is -2.70. The van der Waals surface area contributed by atoms with Crippen molar-refractivity contribution in [1.82, 2.24) is 10.6 Å². The van der Waals surface area contributed by atoms with Crippen molar-refractivity contribution in [2.75, 3.05) is 0 Å². The average molecular weight is 224 g/mol. The molecule has 0 aromatic heterocycles. The Balaban J connectivity index is 2.14. The Morgan fingerprint density at radius 2 is 1.81 bits per heavy atom. The van der Waals surface area contributed by atoms with Gasteiger partial charge in [-0.1, -0.05) is 33.1 Å². The summed E-state index contributed by atoms with van der Waals surface area (Å²) in [7, 11) is 0.